The second-order valence-corrected chi connectivity index (χ2v) is 5.27. The molecule has 1 atom stereocenters. The van der Waals surface area contributed by atoms with Gasteiger partial charge in [0.05, 0.1) is 5.75 Å². The fourth-order valence-corrected chi connectivity index (χ4v) is 1.85. The summed E-state index contributed by atoms with van der Waals surface area (Å²) < 4.78 is 0. The first kappa shape index (κ1) is 14.5. The van der Waals surface area contributed by atoms with Gasteiger partial charge in [-0.25, -0.2) is 0 Å². The van der Waals surface area contributed by atoms with Crippen LogP contribution in [0.3, 0.4) is 0 Å². The monoisotopic (exact) mass is 267 g/mol. The van der Waals surface area contributed by atoms with Gasteiger partial charge in [0.1, 0.15) is 0 Å². The van der Waals surface area contributed by atoms with Crippen LogP contribution in [0.15, 0.2) is 24.3 Å². The number of thioether (sulfide) groups is 1. The minimum atomic E-state index is -0.486. The van der Waals surface area contributed by atoms with E-state index in [9.17, 15) is 9.59 Å². The van der Waals surface area contributed by atoms with Crippen LogP contribution in [-0.4, -0.2) is 29.4 Å². The van der Waals surface area contributed by atoms with E-state index in [-0.39, 0.29) is 11.2 Å². The second-order valence-electron chi connectivity index (χ2n) is 3.85. The Hall–Kier alpha value is -1.53. The van der Waals surface area contributed by atoms with Gasteiger partial charge in [-0.05, 0) is 24.3 Å². The van der Waals surface area contributed by atoms with E-state index in [2.05, 4.69) is 5.32 Å². The predicted octanol–water partition coefficient (Wildman–Crippen LogP) is 0.804. The lowest BCUT2D eigenvalue weighted by Crippen LogP contribution is -2.19. The highest BCUT2D eigenvalue weighted by Crippen LogP contribution is 2.12. The van der Waals surface area contributed by atoms with Crippen LogP contribution in [0.5, 0.6) is 0 Å². The van der Waals surface area contributed by atoms with Gasteiger partial charge < -0.3 is 16.8 Å². The van der Waals surface area contributed by atoms with Crippen LogP contribution < -0.4 is 16.8 Å². The maximum absolute atomic E-state index is 11.6. The third kappa shape index (κ3) is 4.77. The van der Waals surface area contributed by atoms with Gasteiger partial charge in [-0.15, -0.1) is 11.8 Å². The molecule has 0 bridgehead atoms. The number of amides is 2. The molecule has 0 radical (unpaired) electrons. The van der Waals surface area contributed by atoms with Gasteiger partial charge in [0.25, 0.3) is 0 Å². The lowest BCUT2D eigenvalue weighted by molar-refractivity contribution is -0.113. The Morgan fingerprint density at radius 1 is 1.33 bits per heavy atom. The maximum atomic E-state index is 11.6. The van der Waals surface area contributed by atoms with Crippen molar-refractivity contribution in [2.45, 2.75) is 12.2 Å². The number of nitrogens with two attached hydrogens (primary N) is 2. The van der Waals surface area contributed by atoms with Gasteiger partial charge in [-0.1, -0.05) is 6.92 Å². The number of primary amides is 1. The molecule has 0 aliphatic heterocycles. The molecule has 0 spiro atoms. The molecular formula is C12H17N3O2S. The summed E-state index contributed by atoms with van der Waals surface area (Å²) in [4.78, 5) is 22.5. The molecule has 18 heavy (non-hydrogen) atoms. The molecule has 1 aromatic rings. The molecule has 5 nitrogen and oxygen atoms in total. The SMILES string of the molecule is CC(CN)SCC(=O)Nc1ccc(C(N)=O)cc1. The normalized spacial score (nSPS) is 11.9. The summed E-state index contributed by atoms with van der Waals surface area (Å²) >= 11 is 1.50. The molecule has 2 amide bonds. The Balaban J connectivity index is 2.47. The molecule has 98 valence electrons. The van der Waals surface area contributed by atoms with Gasteiger partial charge in [0.15, 0.2) is 0 Å². The Bertz CT molecular complexity index is 420. The van der Waals surface area contributed by atoms with Crippen LogP contribution in [0.4, 0.5) is 5.69 Å². The average molecular weight is 267 g/mol. The van der Waals surface area contributed by atoms with E-state index in [0.717, 1.165) is 0 Å². The van der Waals surface area contributed by atoms with Crippen molar-refractivity contribution in [1.82, 2.24) is 0 Å². The van der Waals surface area contributed by atoms with E-state index in [1.165, 1.54) is 11.8 Å². The number of anilines is 1. The number of carbonyl (C=O) groups excluding carboxylic acids is 2. The van der Waals surface area contributed by atoms with Gasteiger partial charge in [-0.2, -0.15) is 0 Å². The molecule has 5 N–H and O–H groups in total. The van der Waals surface area contributed by atoms with Crippen LogP contribution in [0, 0.1) is 0 Å². The van der Waals surface area contributed by atoms with Crippen LogP contribution in [0.25, 0.3) is 0 Å². The number of benzene rings is 1. The average Bonchev–Trinajstić information content (AvgIpc) is 2.36. The number of hydrogen-bond acceptors (Lipinski definition) is 4. The van der Waals surface area contributed by atoms with Crippen molar-refractivity contribution in [2.75, 3.05) is 17.6 Å². The van der Waals surface area contributed by atoms with Crippen molar-refractivity contribution in [3.63, 3.8) is 0 Å². The summed E-state index contributed by atoms with van der Waals surface area (Å²) in [6.45, 7) is 2.52. The topological polar surface area (TPSA) is 98.2 Å². The molecule has 1 unspecified atom stereocenters. The highest BCUT2D eigenvalue weighted by molar-refractivity contribution is 8.00. The molecule has 0 aliphatic rings. The zero-order chi connectivity index (χ0) is 13.5. The molecule has 1 rings (SSSR count). The molecular weight excluding hydrogens is 250 g/mol. The zero-order valence-corrected chi connectivity index (χ0v) is 11.0. The molecule has 0 saturated carbocycles. The molecule has 0 saturated heterocycles. The largest absolute Gasteiger partial charge is 0.366 e. The van der Waals surface area contributed by atoms with Crippen LogP contribution >= 0.6 is 11.8 Å². The van der Waals surface area contributed by atoms with Crippen LogP contribution in [0.2, 0.25) is 0 Å². The maximum Gasteiger partial charge on any atom is 0.248 e. The molecule has 1 aromatic carbocycles. The number of hydrogen-bond donors (Lipinski definition) is 3. The zero-order valence-electron chi connectivity index (χ0n) is 10.2. The van der Waals surface area contributed by atoms with Crippen molar-refractivity contribution in [3.05, 3.63) is 29.8 Å². The fraction of sp³-hybridized carbons (Fsp3) is 0.333. The molecule has 0 heterocycles. The molecule has 6 heteroatoms. The molecule has 0 fully saturated rings. The van der Waals surface area contributed by atoms with Crippen molar-refractivity contribution in [2.24, 2.45) is 11.5 Å². The highest BCUT2D eigenvalue weighted by atomic mass is 32.2. The minimum absolute atomic E-state index is 0.0906. The number of rotatable bonds is 6. The van der Waals surface area contributed by atoms with Crippen LogP contribution in [0.1, 0.15) is 17.3 Å². The van der Waals surface area contributed by atoms with E-state index in [1.807, 2.05) is 6.92 Å². The third-order valence-electron chi connectivity index (χ3n) is 2.28. The van der Waals surface area contributed by atoms with Crippen molar-refractivity contribution in [1.29, 1.82) is 0 Å². The summed E-state index contributed by atoms with van der Waals surface area (Å²) in [7, 11) is 0. The summed E-state index contributed by atoms with van der Waals surface area (Å²) in [6.07, 6.45) is 0. The number of carbonyl (C=O) groups is 2. The first-order valence-corrected chi connectivity index (χ1v) is 6.59. The third-order valence-corrected chi connectivity index (χ3v) is 3.47. The van der Waals surface area contributed by atoms with Gasteiger partial charge in [-0.3, -0.25) is 9.59 Å². The van der Waals surface area contributed by atoms with E-state index in [1.54, 1.807) is 24.3 Å². The predicted molar refractivity (Wildman–Crippen MR) is 74.6 cm³/mol. The van der Waals surface area contributed by atoms with E-state index >= 15 is 0 Å². The summed E-state index contributed by atoms with van der Waals surface area (Å²) in [5.74, 6) is -0.219. The first-order chi connectivity index (χ1) is 8.52. The van der Waals surface area contributed by atoms with Gasteiger partial charge >= 0.3 is 0 Å². The Labute approximate surface area is 110 Å². The highest BCUT2D eigenvalue weighted by Gasteiger charge is 2.06. The quantitative estimate of drug-likeness (QED) is 0.710. The first-order valence-electron chi connectivity index (χ1n) is 5.54. The van der Waals surface area contributed by atoms with Gasteiger partial charge in [0, 0.05) is 23.0 Å². The second kappa shape index (κ2) is 7.03. The van der Waals surface area contributed by atoms with Crippen molar-refractivity contribution >= 4 is 29.3 Å². The Morgan fingerprint density at radius 3 is 2.44 bits per heavy atom. The summed E-state index contributed by atoms with van der Waals surface area (Å²) in [5, 5.41) is 2.99. The van der Waals surface area contributed by atoms with Crippen molar-refractivity contribution in [3.8, 4) is 0 Å². The summed E-state index contributed by atoms with van der Waals surface area (Å²) in [6, 6.07) is 6.45. The Kier molecular flexibility index (Phi) is 5.67. The molecule has 0 aliphatic carbocycles. The smallest absolute Gasteiger partial charge is 0.248 e. The lowest BCUT2D eigenvalue weighted by Gasteiger charge is -2.08. The van der Waals surface area contributed by atoms with E-state index in [0.29, 0.717) is 23.5 Å². The van der Waals surface area contributed by atoms with Crippen LogP contribution in [-0.2, 0) is 4.79 Å². The summed E-state index contributed by atoms with van der Waals surface area (Å²) in [5.41, 5.74) is 11.6. The minimum Gasteiger partial charge on any atom is -0.366 e. The van der Waals surface area contributed by atoms with Crippen molar-refractivity contribution < 1.29 is 9.59 Å². The standard InChI is InChI=1S/C12H17N3O2S/c1-8(6-13)18-7-11(16)15-10-4-2-9(3-5-10)12(14)17/h2-5,8H,6-7,13H2,1H3,(H2,14,17)(H,15,16). The Morgan fingerprint density at radius 2 is 1.94 bits per heavy atom. The number of nitrogens with one attached hydrogen (secondary N) is 1. The van der Waals surface area contributed by atoms with E-state index < -0.39 is 5.91 Å². The van der Waals surface area contributed by atoms with Gasteiger partial charge in [0.2, 0.25) is 11.8 Å². The molecule has 0 aromatic heterocycles. The fourth-order valence-electron chi connectivity index (χ4n) is 1.20. The lowest BCUT2D eigenvalue weighted by atomic mass is 10.2. The van der Waals surface area contributed by atoms with E-state index in [4.69, 9.17) is 11.5 Å².